The van der Waals surface area contributed by atoms with Crippen molar-refractivity contribution >= 4 is 39.5 Å². The Morgan fingerprint density at radius 3 is 0.731 bits per heavy atom. The summed E-state index contributed by atoms with van der Waals surface area (Å²) >= 11 is 0. The second kappa shape index (κ2) is 66.0. The maximum absolute atomic E-state index is 13.1. The average molecular weight is 1370 g/mol. The monoisotopic (exact) mass is 1370 g/mol. The van der Waals surface area contributed by atoms with Crippen LogP contribution in [0, 0.1) is 11.8 Å². The molecular weight excluding hydrogens is 1220 g/mol. The Bertz CT molecular complexity index is 1800. The fraction of sp³-hybridized carbons (Fsp3) is 0.946. The summed E-state index contributed by atoms with van der Waals surface area (Å²) < 4.78 is 68.4. The van der Waals surface area contributed by atoms with Crippen LogP contribution in [0.1, 0.15) is 382 Å². The molecule has 0 spiro atoms. The molecule has 0 bridgehead atoms. The van der Waals surface area contributed by atoms with Crippen LogP contribution < -0.4 is 0 Å². The number of carbonyl (C=O) groups is 4. The quantitative estimate of drug-likeness (QED) is 0.0222. The van der Waals surface area contributed by atoms with E-state index in [2.05, 4.69) is 41.5 Å². The predicted octanol–water partition coefficient (Wildman–Crippen LogP) is 21.6. The zero-order chi connectivity index (χ0) is 68.6. The fourth-order valence-electron chi connectivity index (χ4n) is 11.3. The van der Waals surface area contributed by atoms with Gasteiger partial charge in [-0.05, 0) is 37.5 Å². The second-order valence-electron chi connectivity index (χ2n) is 27.6. The van der Waals surface area contributed by atoms with E-state index in [1.54, 1.807) is 0 Å². The number of carbonyl (C=O) groups excluding carboxylic acids is 4. The third-order valence-electron chi connectivity index (χ3n) is 17.2. The maximum Gasteiger partial charge on any atom is 0.472 e. The van der Waals surface area contributed by atoms with E-state index in [0.717, 1.165) is 102 Å². The van der Waals surface area contributed by atoms with E-state index in [9.17, 15) is 43.2 Å². The number of aliphatic hydroxyl groups excluding tert-OH is 1. The first-order valence-corrected chi connectivity index (χ1v) is 41.5. The summed E-state index contributed by atoms with van der Waals surface area (Å²) in [5, 5.41) is 10.6. The lowest BCUT2D eigenvalue weighted by molar-refractivity contribution is -0.161. The first kappa shape index (κ1) is 91.1. The standard InChI is InChI=1S/C74H144O17P2/c1-7-9-11-13-15-17-19-21-23-24-26-30-35-39-47-53-59-73(78)90-69(62-84-71(76)56-50-44-37-33-31-27-28-32-36-42-48-54-66(3)4)64-88-92(80,81)86-60-68(75)61-87-93(82,83)89-65-70(63-85-72(77)57-51-45-41-40-43-49-55-67(5)6)91-74(79)58-52-46-38-34-29-25-22-20-18-16-14-12-10-8-2/h66-70,75H,7-65H2,1-6H3,(H,80,81)(H,82,83)/t68-,69-,70-/m1/s1. The Morgan fingerprint density at radius 1 is 0.290 bits per heavy atom. The predicted molar refractivity (Wildman–Crippen MR) is 377 cm³/mol. The van der Waals surface area contributed by atoms with Crippen molar-refractivity contribution in [3.63, 3.8) is 0 Å². The van der Waals surface area contributed by atoms with Gasteiger partial charge in [0.15, 0.2) is 12.2 Å². The molecule has 0 amide bonds. The van der Waals surface area contributed by atoms with E-state index < -0.39 is 97.5 Å². The van der Waals surface area contributed by atoms with Crippen molar-refractivity contribution in [1.29, 1.82) is 0 Å². The zero-order valence-electron chi connectivity index (χ0n) is 60.6. The van der Waals surface area contributed by atoms with E-state index in [-0.39, 0.29) is 25.7 Å². The summed E-state index contributed by atoms with van der Waals surface area (Å²) in [6.07, 6.45) is 52.8. The highest BCUT2D eigenvalue weighted by molar-refractivity contribution is 7.47. The molecule has 0 heterocycles. The summed E-state index contributed by atoms with van der Waals surface area (Å²) in [4.78, 5) is 72.7. The molecule has 0 radical (unpaired) electrons. The molecule has 5 atom stereocenters. The second-order valence-corrected chi connectivity index (χ2v) is 30.5. The highest BCUT2D eigenvalue weighted by Gasteiger charge is 2.30. The number of unbranched alkanes of at least 4 members (excludes halogenated alkanes) is 43. The first-order chi connectivity index (χ1) is 44.9. The number of hydrogen-bond acceptors (Lipinski definition) is 15. The van der Waals surface area contributed by atoms with Gasteiger partial charge < -0.3 is 33.8 Å². The van der Waals surface area contributed by atoms with E-state index in [0.29, 0.717) is 31.6 Å². The van der Waals surface area contributed by atoms with Gasteiger partial charge in [0.2, 0.25) is 0 Å². The Labute approximate surface area is 568 Å². The molecule has 0 saturated heterocycles. The minimum absolute atomic E-state index is 0.107. The minimum Gasteiger partial charge on any atom is -0.462 e. The Hall–Kier alpha value is -1.94. The molecule has 93 heavy (non-hydrogen) atoms. The largest absolute Gasteiger partial charge is 0.472 e. The van der Waals surface area contributed by atoms with Gasteiger partial charge in [0.1, 0.15) is 19.3 Å². The third-order valence-corrected chi connectivity index (χ3v) is 19.1. The van der Waals surface area contributed by atoms with E-state index in [1.165, 1.54) is 193 Å². The van der Waals surface area contributed by atoms with Gasteiger partial charge in [0, 0.05) is 25.7 Å². The van der Waals surface area contributed by atoms with Crippen molar-refractivity contribution in [2.24, 2.45) is 11.8 Å². The highest BCUT2D eigenvalue weighted by atomic mass is 31.2. The zero-order valence-corrected chi connectivity index (χ0v) is 62.3. The number of ether oxygens (including phenoxy) is 4. The molecule has 2 unspecified atom stereocenters. The van der Waals surface area contributed by atoms with Crippen LogP contribution in [0.5, 0.6) is 0 Å². The van der Waals surface area contributed by atoms with Crippen LogP contribution in [0.15, 0.2) is 0 Å². The fourth-order valence-corrected chi connectivity index (χ4v) is 12.9. The van der Waals surface area contributed by atoms with Crippen LogP contribution in [-0.2, 0) is 65.4 Å². The molecule has 0 aliphatic heterocycles. The van der Waals surface area contributed by atoms with Crippen molar-refractivity contribution in [2.75, 3.05) is 39.6 Å². The highest BCUT2D eigenvalue weighted by Crippen LogP contribution is 2.45. The number of esters is 4. The van der Waals surface area contributed by atoms with Crippen molar-refractivity contribution in [1.82, 2.24) is 0 Å². The normalized spacial score (nSPS) is 14.1. The molecule has 0 aromatic rings. The minimum atomic E-state index is -4.96. The van der Waals surface area contributed by atoms with Crippen molar-refractivity contribution in [2.45, 2.75) is 400 Å². The Kier molecular flexibility index (Phi) is 64.6. The number of phosphoric acid groups is 2. The summed E-state index contributed by atoms with van der Waals surface area (Å²) in [6, 6.07) is 0. The van der Waals surface area contributed by atoms with Crippen LogP contribution in [0.4, 0.5) is 0 Å². The smallest absolute Gasteiger partial charge is 0.462 e. The van der Waals surface area contributed by atoms with Crippen LogP contribution >= 0.6 is 15.6 Å². The molecular formula is C74H144O17P2. The molecule has 0 aliphatic rings. The SMILES string of the molecule is CCCCCCCCCCCCCCCCCCC(=O)O[C@H](COC(=O)CCCCCCCCCCCCCC(C)C)COP(=O)(O)OC[C@@H](O)COP(=O)(O)OC[C@@H](COC(=O)CCCCCCCCC(C)C)OC(=O)CCCCCCCCCCCCCCCC. The van der Waals surface area contributed by atoms with E-state index in [1.807, 2.05) is 0 Å². The first-order valence-electron chi connectivity index (χ1n) is 38.5. The van der Waals surface area contributed by atoms with Gasteiger partial charge >= 0.3 is 39.5 Å². The molecule has 0 fully saturated rings. The number of hydrogen-bond donors (Lipinski definition) is 3. The van der Waals surface area contributed by atoms with Crippen LogP contribution in [0.3, 0.4) is 0 Å². The summed E-state index contributed by atoms with van der Waals surface area (Å²) in [5.41, 5.74) is 0. The van der Waals surface area contributed by atoms with E-state index >= 15 is 0 Å². The number of phosphoric ester groups is 2. The van der Waals surface area contributed by atoms with Gasteiger partial charge in [-0.1, -0.05) is 330 Å². The number of rotatable bonds is 73. The molecule has 0 rings (SSSR count). The molecule has 19 heteroatoms. The number of aliphatic hydroxyl groups is 1. The van der Waals surface area contributed by atoms with Crippen molar-refractivity contribution in [3.05, 3.63) is 0 Å². The summed E-state index contributed by atoms with van der Waals surface area (Å²) in [5.74, 6) is -0.667. The molecule has 0 aliphatic carbocycles. The van der Waals surface area contributed by atoms with Crippen LogP contribution in [0.25, 0.3) is 0 Å². The van der Waals surface area contributed by atoms with Gasteiger partial charge in [0.25, 0.3) is 0 Å². The van der Waals surface area contributed by atoms with Crippen molar-refractivity contribution < 1.29 is 80.2 Å². The molecule has 0 saturated carbocycles. The lowest BCUT2D eigenvalue weighted by Gasteiger charge is -2.21. The Morgan fingerprint density at radius 2 is 0.495 bits per heavy atom. The van der Waals surface area contributed by atoms with Gasteiger partial charge in [-0.2, -0.15) is 0 Å². The molecule has 0 aromatic carbocycles. The molecule has 3 N–H and O–H groups in total. The van der Waals surface area contributed by atoms with Gasteiger partial charge in [0.05, 0.1) is 26.4 Å². The topological polar surface area (TPSA) is 237 Å². The third kappa shape index (κ3) is 68.4. The van der Waals surface area contributed by atoms with E-state index in [4.69, 9.17) is 37.0 Å². The molecule has 552 valence electrons. The molecule has 17 nitrogen and oxygen atoms in total. The average Bonchev–Trinajstić information content (AvgIpc) is 1.98. The summed E-state index contributed by atoms with van der Waals surface area (Å²) in [7, 11) is -9.91. The Balaban J connectivity index is 5.24. The van der Waals surface area contributed by atoms with Crippen LogP contribution in [0.2, 0.25) is 0 Å². The van der Waals surface area contributed by atoms with Crippen molar-refractivity contribution in [3.8, 4) is 0 Å². The van der Waals surface area contributed by atoms with Gasteiger partial charge in [-0.25, -0.2) is 9.13 Å². The van der Waals surface area contributed by atoms with Crippen LogP contribution in [-0.4, -0.2) is 96.7 Å². The summed E-state index contributed by atoms with van der Waals surface area (Å²) in [6.45, 7) is 9.51. The lowest BCUT2D eigenvalue weighted by Crippen LogP contribution is -2.30. The van der Waals surface area contributed by atoms with Gasteiger partial charge in [-0.3, -0.25) is 37.3 Å². The molecule has 0 aromatic heterocycles. The maximum atomic E-state index is 13.1. The lowest BCUT2D eigenvalue weighted by atomic mass is 10.0. The van der Waals surface area contributed by atoms with Gasteiger partial charge in [-0.15, -0.1) is 0 Å².